The average Bonchev–Trinajstić information content (AvgIpc) is 2.97. The Labute approximate surface area is 115 Å². The van der Waals surface area contributed by atoms with Gasteiger partial charge in [0.1, 0.15) is 5.82 Å². The third-order valence-electron chi connectivity index (χ3n) is 2.93. The average molecular weight is 269 g/mol. The van der Waals surface area contributed by atoms with E-state index in [1.54, 1.807) is 17.0 Å². The van der Waals surface area contributed by atoms with Gasteiger partial charge in [-0.15, -0.1) is 0 Å². The molecule has 20 heavy (non-hydrogen) atoms. The van der Waals surface area contributed by atoms with Crippen LogP contribution >= 0.6 is 0 Å². The van der Waals surface area contributed by atoms with Crippen molar-refractivity contribution in [2.75, 3.05) is 11.9 Å². The third kappa shape index (κ3) is 2.38. The van der Waals surface area contributed by atoms with Gasteiger partial charge in [0.2, 0.25) is 5.82 Å². The first-order valence-electron chi connectivity index (χ1n) is 6.12. The van der Waals surface area contributed by atoms with E-state index in [4.69, 9.17) is 4.52 Å². The molecule has 0 N–H and O–H groups in total. The van der Waals surface area contributed by atoms with Crippen molar-refractivity contribution in [3.8, 4) is 11.4 Å². The number of aromatic nitrogens is 2. The lowest BCUT2D eigenvalue weighted by Gasteiger charge is -2.12. The van der Waals surface area contributed by atoms with Gasteiger partial charge >= 0.3 is 6.01 Å². The largest absolute Gasteiger partial charge is 0.328 e. The first kappa shape index (κ1) is 12.3. The fraction of sp³-hybridized carbons (Fsp3) is 0.0667. The summed E-state index contributed by atoms with van der Waals surface area (Å²) < 4.78 is 18.4. The number of para-hydroxylation sites is 1. The monoisotopic (exact) mass is 269 g/mol. The molecule has 100 valence electrons. The number of hydrogen-bond acceptors (Lipinski definition) is 4. The molecule has 3 rings (SSSR count). The number of hydrogen-bond donors (Lipinski definition) is 0. The van der Waals surface area contributed by atoms with Crippen LogP contribution in [0.3, 0.4) is 0 Å². The van der Waals surface area contributed by atoms with Crippen LogP contribution in [0.4, 0.5) is 16.1 Å². The lowest BCUT2D eigenvalue weighted by atomic mass is 10.2. The third-order valence-corrected chi connectivity index (χ3v) is 2.93. The zero-order chi connectivity index (χ0) is 13.9. The molecule has 0 atom stereocenters. The van der Waals surface area contributed by atoms with Crippen molar-refractivity contribution in [2.24, 2.45) is 0 Å². The SMILES string of the molecule is CN(c1ccccc1)c1nc(-c2cccc(F)c2)no1. The zero-order valence-electron chi connectivity index (χ0n) is 10.8. The molecule has 0 fully saturated rings. The summed E-state index contributed by atoms with van der Waals surface area (Å²) >= 11 is 0. The molecule has 5 heteroatoms. The van der Waals surface area contributed by atoms with Crippen LogP contribution in [0.1, 0.15) is 0 Å². The first-order chi connectivity index (χ1) is 9.74. The highest BCUT2D eigenvalue weighted by Gasteiger charge is 2.13. The highest BCUT2D eigenvalue weighted by molar-refractivity contribution is 5.59. The minimum Gasteiger partial charge on any atom is -0.315 e. The van der Waals surface area contributed by atoms with Gasteiger partial charge in [-0.25, -0.2) is 4.39 Å². The molecule has 0 bridgehead atoms. The maximum absolute atomic E-state index is 13.2. The molecular weight excluding hydrogens is 257 g/mol. The maximum atomic E-state index is 13.2. The van der Waals surface area contributed by atoms with Crippen LogP contribution in [0.2, 0.25) is 0 Å². The second kappa shape index (κ2) is 5.13. The second-order valence-electron chi connectivity index (χ2n) is 4.31. The van der Waals surface area contributed by atoms with Gasteiger partial charge in [-0.2, -0.15) is 4.98 Å². The van der Waals surface area contributed by atoms with Crippen LogP contribution in [0.15, 0.2) is 59.1 Å². The van der Waals surface area contributed by atoms with E-state index in [0.29, 0.717) is 17.4 Å². The minimum atomic E-state index is -0.328. The minimum absolute atomic E-state index is 0.328. The van der Waals surface area contributed by atoms with E-state index < -0.39 is 0 Å². The number of halogens is 1. The van der Waals surface area contributed by atoms with Crippen molar-refractivity contribution >= 4 is 11.7 Å². The molecule has 0 spiro atoms. The van der Waals surface area contributed by atoms with Crippen molar-refractivity contribution in [3.05, 3.63) is 60.4 Å². The molecule has 1 aromatic heterocycles. The van der Waals surface area contributed by atoms with E-state index in [1.165, 1.54) is 12.1 Å². The molecule has 0 saturated heterocycles. The Morgan fingerprint density at radius 1 is 1.05 bits per heavy atom. The smallest absolute Gasteiger partial charge is 0.315 e. The fourth-order valence-electron chi connectivity index (χ4n) is 1.86. The summed E-state index contributed by atoms with van der Waals surface area (Å²) in [7, 11) is 1.83. The Balaban J connectivity index is 1.91. The first-order valence-corrected chi connectivity index (χ1v) is 6.12. The normalized spacial score (nSPS) is 10.5. The number of anilines is 2. The zero-order valence-corrected chi connectivity index (χ0v) is 10.8. The summed E-state index contributed by atoms with van der Waals surface area (Å²) in [5, 5.41) is 3.88. The molecule has 4 nitrogen and oxygen atoms in total. The number of benzene rings is 2. The molecule has 0 saturated carbocycles. The van der Waals surface area contributed by atoms with Gasteiger partial charge in [-0.3, -0.25) is 4.90 Å². The standard InChI is InChI=1S/C15H12FN3O/c1-19(13-8-3-2-4-9-13)15-17-14(18-20-15)11-6-5-7-12(16)10-11/h2-10H,1H3. The second-order valence-corrected chi connectivity index (χ2v) is 4.31. The van der Waals surface area contributed by atoms with Gasteiger partial charge in [0.25, 0.3) is 0 Å². The van der Waals surface area contributed by atoms with Crippen LogP contribution in [0.25, 0.3) is 11.4 Å². The summed E-state index contributed by atoms with van der Waals surface area (Å²) in [6, 6.07) is 16.1. The molecule has 0 amide bonds. The molecule has 3 aromatic rings. The Morgan fingerprint density at radius 3 is 2.60 bits per heavy atom. The Hall–Kier alpha value is -2.69. The maximum Gasteiger partial charge on any atom is 0.328 e. The number of rotatable bonds is 3. The van der Waals surface area contributed by atoms with Gasteiger partial charge in [0.05, 0.1) is 0 Å². The quantitative estimate of drug-likeness (QED) is 0.728. The van der Waals surface area contributed by atoms with Crippen molar-refractivity contribution in [2.45, 2.75) is 0 Å². The molecule has 0 radical (unpaired) electrons. The highest BCUT2D eigenvalue weighted by atomic mass is 19.1. The summed E-state index contributed by atoms with van der Waals surface area (Å²) in [5.74, 6) is 0.0348. The van der Waals surface area contributed by atoms with Crippen LogP contribution in [0, 0.1) is 5.82 Å². The molecule has 0 aliphatic heterocycles. The molecule has 1 heterocycles. The Bertz CT molecular complexity index is 712. The van der Waals surface area contributed by atoms with Gasteiger partial charge < -0.3 is 4.52 Å². The van der Waals surface area contributed by atoms with Gasteiger partial charge in [0.15, 0.2) is 0 Å². The molecular formula is C15H12FN3O. The fourth-order valence-corrected chi connectivity index (χ4v) is 1.86. The Morgan fingerprint density at radius 2 is 1.85 bits per heavy atom. The van der Waals surface area contributed by atoms with E-state index in [9.17, 15) is 4.39 Å². The highest BCUT2D eigenvalue weighted by Crippen LogP contribution is 2.24. The van der Waals surface area contributed by atoms with Crippen LogP contribution in [0.5, 0.6) is 0 Å². The van der Waals surface area contributed by atoms with Crippen LogP contribution in [-0.4, -0.2) is 17.2 Å². The lowest BCUT2D eigenvalue weighted by Crippen LogP contribution is -2.09. The van der Waals surface area contributed by atoms with E-state index in [-0.39, 0.29) is 5.82 Å². The molecule has 0 aliphatic rings. The summed E-state index contributed by atoms with van der Waals surface area (Å²) in [6.45, 7) is 0. The molecule has 2 aromatic carbocycles. The number of nitrogens with zero attached hydrogens (tertiary/aromatic N) is 3. The van der Waals surface area contributed by atoms with Crippen molar-refractivity contribution in [1.29, 1.82) is 0 Å². The predicted molar refractivity (Wildman–Crippen MR) is 74.2 cm³/mol. The predicted octanol–water partition coefficient (Wildman–Crippen LogP) is 3.64. The van der Waals surface area contributed by atoms with E-state index in [2.05, 4.69) is 10.1 Å². The molecule has 0 unspecified atom stereocenters. The van der Waals surface area contributed by atoms with E-state index in [0.717, 1.165) is 5.69 Å². The van der Waals surface area contributed by atoms with Crippen molar-refractivity contribution in [3.63, 3.8) is 0 Å². The summed E-state index contributed by atoms with van der Waals surface area (Å²) in [5.41, 5.74) is 1.52. The Kier molecular flexibility index (Phi) is 3.16. The topological polar surface area (TPSA) is 42.2 Å². The summed E-state index contributed by atoms with van der Waals surface area (Å²) in [6.07, 6.45) is 0. The van der Waals surface area contributed by atoms with E-state index in [1.807, 2.05) is 37.4 Å². The van der Waals surface area contributed by atoms with E-state index >= 15 is 0 Å². The van der Waals surface area contributed by atoms with Gasteiger partial charge in [-0.05, 0) is 24.3 Å². The van der Waals surface area contributed by atoms with Gasteiger partial charge in [-0.1, -0.05) is 35.5 Å². The summed E-state index contributed by atoms with van der Waals surface area (Å²) in [4.78, 5) is 6.05. The molecule has 0 aliphatic carbocycles. The van der Waals surface area contributed by atoms with Crippen LogP contribution < -0.4 is 4.90 Å². The van der Waals surface area contributed by atoms with Crippen molar-refractivity contribution < 1.29 is 8.91 Å². The van der Waals surface area contributed by atoms with Crippen LogP contribution in [-0.2, 0) is 0 Å². The lowest BCUT2D eigenvalue weighted by molar-refractivity contribution is 0.426. The van der Waals surface area contributed by atoms with Crippen molar-refractivity contribution in [1.82, 2.24) is 10.1 Å². The van der Waals surface area contributed by atoms with Gasteiger partial charge in [0, 0.05) is 18.3 Å².